The van der Waals surface area contributed by atoms with E-state index in [0.29, 0.717) is 17.5 Å². The van der Waals surface area contributed by atoms with Crippen molar-refractivity contribution in [3.8, 4) is 0 Å². The van der Waals surface area contributed by atoms with Gasteiger partial charge in [-0.1, -0.05) is 19.3 Å². The number of hydrogen-bond acceptors (Lipinski definition) is 4. The van der Waals surface area contributed by atoms with Crippen LogP contribution in [-0.2, 0) is 0 Å². The van der Waals surface area contributed by atoms with Gasteiger partial charge in [-0.25, -0.2) is 4.98 Å². The van der Waals surface area contributed by atoms with Gasteiger partial charge >= 0.3 is 0 Å². The SMILES string of the molecule is Cc1cc(NC(C)C2CCCCC2)ncc1[N+](=O)[O-]. The second-order valence-corrected chi connectivity index (χ2v) is 5.44. The van der Waals surface area contributed by atoms with Crippen molar-refractivity contribution >= 4 is 11.5 Å². The molecule has 1 aliphatic carbocycles. The van der Waals surface area contributed by atoms with Gasteiger partial charge in [0.1, 0.15) is 12.0 Å². The lowest BCUT2D eigenvalue weighted by Gasteiger charge is -2.28. The summed E-state index contributed by atoms with van der Waals surface area (Å²) in [4.78, 5) is 14.5. The van der Waals surface area contributed by atoms with Crippen molar-refractivity contribution < 1.29 is 4.92 Å². The lowest BCUT2D eigenvalue weighted by atomic mass is 9.84. The Hall–Kier alpha value is -1.65. The number of nitro groups is 1. The molecular weight excluding hydrogens is 242 g/mol. The van der Waals surface area contributed by atoms with Crippen LogP contribution in [0, 0.1) is 23.0 Å². The molecule has 1 N–H and O–H groups in total. The van der Waals surface area contributed by atoms with E-state index in [1.165, 1.54) is 38.3 Å². The minimum atomic E-state index is -0.392. The lowest BCUT2D eigenvalue weighted by Crippen LogP contribution is -2.28. The molecule has 0 aliphatic heterocycles. The van der Waals surface area contributed by atoms with Gasteiger partial charge in [0.05, 0.1) is 4.92 Å². The average Bonchev–Trinajstić information content (AvgIpc) is 2.39. The van der Waals surface area contributed by atoms with Crippen molar-refractivity contribution in [1.82, 2.24) is 4.98 Å². The third-order valence-electron chi connectivity index (χ3n) is 4.01. The van der Waals surface area contributed by atoms with Gasteiger partial charge in [0.15, 0.2) is 0 Å². The third-order valence-corrected chi connectivity index (χ3v) is 4.01. The number of nitrogens with one attached hydrogen (secondary N) is 1. The zero-order chi connectivity index (χ0) is 13.8. The first kappa shape index (κ1) is 13.8. The fourth-order valence-corrected chi connectivity index (χ4v) is 2.80. The minimum absolute atomic E-state index is 0.0795. The molecule has 1 aromatic heterocycles. The van der Waals surface area contributed by atoms with Crippen LogP contribution in [-0.4, -0.2) is 15.9 Å². The second-order valence-electron chi connectivity index (χ2n) is 5.44. The molecule has 1 fully saturated rings. The minimum Gasteiger partial charge on any atom is -0.367 e. The summed E-state index contributed by atoms with van der Waals surface area (Å²) in [5.41, 5.74) is 0.731. The average molecular weight is 263 g/mol. The topological polar surface area (TPSA) is 68.1 Å². The highest BCUT2D eigenvalue weighted by Gasteiger charge is 2.20. The van der Waals surface area contributed by atoms with Gasteiger partial charge in [-0.05, 0) is 38.7 Å². The van der Waals surface area contributed by atoms with Crippen LogP contribution in [0.1, 0.15) is 44.6 Å². The Kier molecular flexibility index (Phi) is 4.35. The fraction of sp³-hybridized carbons (Fsp3) is 0.643. The van der Waals surface area contributed by atoms with Crippen LogP contribution in [0.5, 0.6) is 0 Å². The number of hydrogen-bond donors (Lipinski definition) is 1. The van der Waals surface area contributed by atoms with Crippen LogP contribution < -0.4 is 5.32 Å². The number of anilines is 1. The Morgan fingerprint density at radius 1 is 1.42 bits per heavy atom. The van der Waals surface area contributed by atoms with E-state index in [1.807, 2.05) is 0 Å². The number of nitrogens with zero attached hydrogens (tertiary/aromatic N) is 2. The molecule has 5 nitrogen and oxygen atoms in total. The van der Waals surface area contributed by atoms with Crippen LogP contribution in [0.25, 0.3) is 0 Å². The quantitative estimate of drug-likeness (QED) is 0.664. The summed E-state index contributed by atoms with van der Waals surface area (Å²) in [6.07, 6.45) is 7.83. The molecule has 1 atom stereocenters. The Balaban J connectivity index is 2.02. The molecule has 1 aliphatic rings. The summed E-state index contributed by atoms with van der Waals surface area (Å²) in [6, 6.07) is 2.13. The number of aryl methyl sites for hydroxylation is 1. The summed E-state index contributed by atoms with van der Waals surface area (Å²) in [6.45, 7) is 3.92. The molecule has 1 saturated carbocycles. The predicted molar refractivity (Wildman–Crippen MR) is 75.3 cm³/mol. The first-order valence-electron chi connectivity index (χ1n) is 6.95. The van der Waals surface area contributed by atoms with Crippen LogP contribution in [0.2, 0.25) is 0 Å². The highest BCUT2D eigenvalue weighted by Crippen LogP contribution is 2.28. The Morgan fingerprint density at radius 3 is 2.68 bits per heavy atom. The van der Waals surface area contributed by atoms with Crippen LogP contribution in [0.3, 0.4) is 0 Å². The van der Waals surface area contributed by atoms with Crippen LogP contribution in [0.4, 0.5) is 11.5 Å². The van der Waals surface area contributed by atoms with E-state index in [9.17, 15) is 10.1 Å². The standard InChI is InChI=1S/C14H21N3O2/c1-10-8-14(15-9-13(10)17(18)19)16-11(2)12-6-4-3-5-7-12/h8-9,11-12H,3-7H2,1-2H3,(H,15,16). The Labute approximate surface area is 113 Å². The van der Waals surface area contributed by atoms with Crippen LogP contribution in [0.15, 0.2) is 12.3 Å². The summed E-state index contributed by atoms with van der Waals surface area (Å²) >= 11 is 0. The van der Waals surface area contributed by atoms with Crippen molar-refractivity contribution in [2.45, 2.75) is 52.0 Å². The lowest BCUT2D eigenvalue weighted by molar-refractivity contribution is -0.385. The molecule has 0 amide bonds. The van der Waals surface area contributed by atoms with E-state index in [2.05, 4.69) is 17.2 Å². The maximum atomic E-state index is 10.7. The van der Waals surface area contributed by atoms with Crippen molar-refractivity contribution in [1.29, 1.82) is 0 Å². The smallest absolute Gasteiger partial charge is 0.290 e. The highest BCUT2D eigenvalue weighted by atomic mass is 16.6. The summed E-state index contributed by atoms with van der Waals surface area (Å²) < 4.78 is 0. The van der Waals surface area contributed by atoms with E-state index in [-0.39, 0.29) is 5.69 Å². The number of pyridine rings is 1. The molecule has 19 heavy (non-hydrogen) atoms. The summed E-state index contributed by atoms with van der Waals surface area (Å²) in [5, 5.41) is 14.1. The molecule has 5 heteroatoms. The molecule has 0 radical (unpaired) electrons. The van der Waals surface area contributed by atoms with Crippen molar-refractivity contribution in [3.05, 3.63) is 27.9 Å². The Morgan fingerprint density at radius 2 is 2.11 bits per heavy atom. The Bertz CT molecular complexity index is 456. The molecule has 1 heterocycles. The largest absolute Gasteiger partial charge is 0.367 e. The van der Waals surface area contributed by atoms with Crippen molar-refractivity contribution in [2.24, 2.45) is 5.92 Å². The molecule has 0 saturated heterocycles. The predicted octanol–water partition coefficient (Wildman–Crippen LogP) is 3.68. The molecule has 0 aromatic carbocycles. The van der Waals surface area contributed by atoms with Gasteiger partial charge in [0, 0.05) is 11.6 Å². The molecular formula is C14H21N3O2. The number of aromatic nitrogens is 1. The highest BCUT2D eigenvalue weighted by molar-refractivity contribution is 5.47. The zero-order valence-corrected chi connectivity index (χ0v) is 11.6. The van der Waals surface area contributed by atoms with Crippen LogP contribution >= 0.6 is 0 Å². The second kappa shape index (κ2) is 5.99. The molecule has 1 aromatic rings. The van der Waals surface area contributed by atoms with Gasteiger partial charge in [-0.2, -0.15) is 0 Å². The fourth-order valence-electron chi connectivity index (χ4n) is 2.80. The molecule has 0 spiro atoms. The first-order valence-corrected chi connectivity index (χ1v) is 6.95. The van der Waals surface area contributed by atoms with Gasteiger partial charge in [0.2, 0.25) is 0 Å². The molecule has 2 rings (SSSR count). The monoisotopic (exact) mass is 263 g/mol. The molecule has 0 bridgehead atoms. The maximum absolute atomic E-state index is 10.7. The van der Waals surface area contributed by atoms with Gasteiger partial charge in [-0.3, -0.25) is 10.1 Å². The normalized spacial score (nSPS) is 18.0. The van der Waals surface area contributed by atoms with Gasteiger partial charge in [0.25, 0.3) is 5.69 Å². The molecule has 1 unspecified atom stereocenters. The van der Waals surface area contributed by atoms with E-state index in [4.69, 9.17) is 0 Å². The first-order chi connectivity index (χ1) is 9.08. The van der Waals surface area contributed by atoms with E-state index >= 15 is 0 Å². The van der Waals surface area contributed by atoms with E-state index in [0.717, 1.165) is 5.82 Å². The van der Waals surface area contributed by atoms with Crippen molar-refractivity contribution in [2.75, 3.05) is 5.32 Å². The van der Waals surface area contributed by atoms with Gasteiger partial charge < -0.3 is 5.32 Å². The zero-order valence-electron chi connectivity index (χ0n) is 11.6. The van der Waals surface area contributed by atoms with E-state index < -0.39 is 4.92 Å². The number of rotatable bonds is 4. The summed E-state index contributed by atoms with van der Waals surface area (Å²) in [7, 11) is 0. The summed E-state index contributed by atoms with van der Waals surface area (Å²) in [5.74, 6) is 1.42. The molecule has 104 valence electrons. The maximum Gasteiger partial charge on any atom is 0.290 e. The third kappa shape index (κ3) is 3.43. The van der Waals surface area contributed by atoms with E-state index in [1.54, 1.807) is 13.0 Å². The van der Waals surface area contributed by atoms with Gasteiger partial charge in [-0.15, -0.1) is 0 Å². The van der Waals surface area contributed by atoms with Crippen molar-refractivity contribution in [3.63, 3.8) is 0 Å².